The Kier molecular flexibility index (Phi) is 6.98. The molecule has 1 aliphatic heterocycles. The van der Waals surface area contributed by atoms with E-state index in [1.165, 1.54) is 20.0 Å². The number of halogens is 1. The number of hydrogen-bond acceptors (Lipinski definition) is 5. The van der Waals surface area contributed by atoms with Gasteiger partial charge in [-0.1, -0.05) is 17.7 Å². The number of carbonyl (C=O) groups excluding carboxylic acids is 1. The summed E-state index contributed by atoms with van der Waals surface area (Å²) in [6.07, 6.45) is 6.19. The summed E-state index contributed by atoms with van der Waals surface area (Å²) in [6.45, 7) is 3.91. The summed E-state index contributed by atoms with van der Waals surface area (Å²) < 4.78 is 11.3. The molecule has 2 fully saturated rings. The molecule has 31 heavy (non-hydrogen) atoms. The van der Waals surface area contributed by atoms with Crippen LogP contribution in [0.2, 0.25) is 5.02 Å². The molecular weight excluding hydrogens is 414 g/mol. The van der Waals surface area contributed by atoms with Gasteiger partial charge < -0.3 is 14.4 Å². The van der Waals surface area contributed by atoms with E-state index in [9.17, 15) is 4.79 Å². The van der Waals surface area contributed by atoms with Crippen LogP contribution in [0.4, 0.5) is 0 Å². The number of benzene rings is 1. The van der Waals surface area contributed by atoms with E-state index >= 15 is 0 Å². The molecule has 7 heteroatoms. The molecule has 1 aliphatic carbocycles. The minimum absolute atomic E-state index is 0.0744. The lowest BCUT2D eigenvalue weighted by atomic mass is 9.82. The number of methoxy groups -OCH3 is 1. The molecule has 6 nitrogen and oxygen atoms in total. The third-order valence-electron chi connectivity index (χ3n) is 6.19. The number of likely N-dealkylation sites (tertiary alicyclic amines) is 1. The van der Waals surface area contributed by atoms with Crippen molar-refractivity contribution in [1.82, 2.24) is 14.8 Å². The van der Waals surface area contributed by atoms with Crippen LogP contribution in [0.5, 0.6) is 11.6 Å². The Labute approximate surface area is 189 Å². The summed E-state index contributed by atoms with van der Waals surface area (Å²) >= 11 is 6.50. The number of hydrogen-bond donors (Lipinski definition) is 0. The third kappa shape index (κ3) is 5.31. The Morgan fingerprint density at radius 3 is 2.74 bits per heavy atom. The molecule has 0 bridgehead atoms. The highest BCUT2D eigenvalue weighted by atomic mass is 35.5. The second-order valence-corrected chi connectivity index (χ2v) is 8.97. The zero-order valence-electron chi connectivity index (χ0n) is 18.2. The number of aromatic nitrogens is 1. The fourth-order valence-corrected chi connectivity index (χ4v) is 4.65. The van der Waals surface area contributed by atoms with E-state index in [1.807, 2.05) is 19.2 Å². The van der Waals surface area contributed by atoms with Gasteiger partial charge in [-0.3, -0.25) is 9.69 Å². The molecule has 166 valence electrons. The Balaban J connectivity index is 1.25. The highest BCUT2D eigenvalue weighted by Gasteiger charge is 2.33. The van der Waals surface area contributed by atoms with E-state index in [1.54, 1.807) is 23.2 Å². The number of nitrogens with zero attached hydrogens (tertiary/aromatic N) is 3. The lowest BCUT2D eigenvalue weighted by molar-refractivity contribution is 0.0417. The van der Waals surface area contributed by atoms with Gasteiger partial charge in [0.05, 0.1) is 13.2 Å². The largest absolute Gasteiger partial charge is 0.490 e. The molecule has 0 atom stereocenters. The topological polar surface area (TPSA) is 54.9 Å². The van der Waals surface area contributed by atoms with Crippen LogP contribution in [-0.4, -0.2) is 60.6 Å². The van der Waals surface area contributed by atoms with E-state index in [0.29, 0.717) is 23.9 Å². The smallest absolute Gasteiger partial charge is 0.259 e. The normalized spacial score (nSPS) is 20.9. The lowest BCUT2D eigenvalue weighted by Crippen LogP contribution is -2.42. The minimum atomic E-state index is -0.0744. The maximum atomic E-state index is 12.7. The molecule has 0 spiro atoms. The molecule has 0 radical (unpaired) electrons. The van der Waals surface area contributed by atoms with Crippen molar-refractivity contribution >= 4 is 17.5 Å². The first-order valence-electron chi connectivity index (χ1n) is 11.0. The average Bonchev–Trinajstić information content (AvgIpc) is 3.26. The molecule has 0 unspecified atom stereocenters. The molecule has 1 saturated heterocycles. The molecule has 0 N–H and O–H groups in total. The van der Waals surface area contributed by atoms with Crippen molar-refractivity contribution in [2.75, 3.05) is 33.8 Å². The molecule has 4 rings (SSSR count). The van der Waals surface area contributed by atoms with Crippen LogP contribution in [0.15, 0.2) is 36.5 Å². The van der Waals surface area contributed by atoms with Gasteiger partial charge in [-0.05, 0) is 74.5 Å². The third-order valence-corrected chi connectivity index (χ3v) is 6.54. The molecule has 2 aromatic rings. The summed E-state index contributed by atoms with van der Waals surface area (Å²) in [4.78, 5) is 21.0. The summed E-state index contributed by atoms with van der Waals surface area (Å²) in [5.74, 6) is 1.53. The van der Waals surface area contributed by atoms with Crippen LogP contribution >= 0.6 is 11.6 Å². The van der Waals surface area contributed by atoms with Crippen molar-refractivity contribution in [3.05, 3.63) is 52.7 Å². The van der Waals surface area contributed by atoms with Crippen LogP contribution in [0, 0.1) is 5.92 Å². The summed E-state index contributed by atoms with van der Waals surface area (Å²) in [6, 6.07) is 9.53. The fourth-order valence-electron chi connectivity index (χ4n) is 4.42. The van der Waals surface area contributed by atoms with Gasteiger partial charge in [-0.2, -0.15) is 0 Å². The second-order valence-electron chi connectivity index (χ2n) is 8.56. The van der Waals surface area contributed by atoms with Gasteiger partial charge in [0, 0.05) is 31.4 Å². The summed E-state index contributed by atoms with van der Waals surface area (Å²) in [5, 5.41) is 0.774. The van der Waals surface area contributed by atoms with Crippen LogP contribution < -0.4 is 9.47 Å². The predicted octanol–water partition coefficient (Wildman–Crippen LogP) is 4.27. The van der Waals surface area contributed by atoms with Gasteiger partial charge in [0.25, 0.3) is 5.91 Å². The lowest BCUT2D eigenvalue weighted by Gasteiger charge is -2.37. The maximum absolute atomic E-state index is 12.7. The van der Waals surface area contributed by atoms with Gasteiger partial charge in [0.15, 0.2) is 0 Å². The van der Waals surface area contributed by atoms with Crippen LogP contribution in [0.3, 0.4) is 0 Å². The zero-order chi connectivity index (χ0) is 21.8. The minimum Gasteiger partial charge on any atom is -0.490 e. The Morgan fingerprint density at radius 1 is 1.26 bits per heavy atom. The number of rotatable bonds is 8. The molecule has 2 aliphatic rings. The van der Waals surface area contributed by atoms with Gasteiger partial charge in [0.2, 0.25) is 5.88 Å². The molecule has 1 amide bonds. The van der Waals surface area contributed by atoms with Crippen molar-refractivity contribution in [3.8, 4) is 11.6 Å². The standard InChI is InChI=1S/C24H30ClN3O3/c1-27(24(29)21-6-5-9-26-23(21)30-2)15-17-12-20(13-17)31-19-8-7-18(22(25)14-19)16-28-10-3-4-11-28/h5-9,14,17,20H,3-4,10-13,15-16H2,1-2H3. The molecular formula is C24H30ClN3O3. The molecule has 1 saturated carbocycles. The fraction of sp³-hybridized carbons (Fsp3) is 0.500. The Morgan fingerprint density at radius 2 is 2.03 bits per heavy atom. The van der Waals surface area contributed by atoms with Crippen LogP contribution in [-0.2, 0) is 6.54 Å². The quantitative estimate of drug-likeness (QED) is 0.609. The van der Waals surface area contributed by atoms with Crippen LogP contribution in [0.25, 0.3) is 0 Å². The number of carbonyl (C=O) groups is 1. The van der Waals surface area contributed by atoms with Crippen molar-refractivity contribution in [2.24, 2.45) is 5.92 Å². The van der Waals surface area contributed by atoms with Gasteiger partial charge >= 0.3 is 0 Å². The van der Waals surface area contributed by atoms with Crippen molar-refractivity contribution in [2.45, 2.75) is 38.3 Å². The predicted molar refractivity (Wildman–Crippen MR) is 121 cm³/mol. The highest BCUT2D eigenvalue weighted by molar-refractivity contribution is 6.31. The van der Waals surface area contributed by atoms with E-state index < -0.39 is 0 Å². The summed E-state index contributed by atoms with van der Waals surface area (Å²) in [5.41, 5.74) is 1.65. The Bertz CT molecular complexity index is 911. The van der Waals surface area contributed by atoms with E-state index in [-0.39, 0.29) is 12.0 Å². The first-order chi connectivity index (χ1) is 15.0. The summed E-state index contributed by atoms with van der Waals surface area (Å²) in [7, 11) is 3.35. The van der Waals surface area contributed by atoms with E-state index in [2.05, 4.69) is 16.0 Å². The molecule has 2 heterocycles. The first kappa shape index (κ1) is 21.9. The molecule has 1 aromatic heterocycles. The van der Waals surface area contributed by atoms with E-state index in [4.69, 9.17) is 21.1 Å². The highest BCUT2D eigenvalue weighted by Crippen LogP contribution is 2.34. The SMILES string of the molecule is COc1ncccc1C(=O)N(C)CC1CC(Oc2ccc(CN3CCCC3)c(Cl)c2)C1. The monoisotopic (exact) mass is 443 g/mol. The van der Waals surface area contributed by atoms with Crippen molar-refractivity contribution in [3.63, 3.8) is 0 Å². The van der Waals surface area contributed by atoms with Gasteiger partial charge in [-0.25, -0.2) is 4.98 Å². The maximum Gasteiger partial charge on any atom is 0.259 e. The van der Waals surface area contributed by atoms with Gasteiger partial charge in [0.1, 0.15) is 11.3 Å². The molecule has 1 aromatic carbocycles. The first-order valence-corrected chi connectivity index (χ1v) is 11.3. The van der Waals surface area contributed by atoms with Crippen molar-refractivity contribution < 1.29 is 14.3 Å². The van der Waals surface area contributed by atoms with E-state index in [0.717, 1.165) is 48.8 Å². The number of ether oxygens (including phenoxy) is 2. The van der Waals surface area contributed by atoms with Crippen LogP contribution in [0.1, 0.15) is 41.6 Å². The second kappa shape index (κ2) is 9.88. The number of amides is 1. The van der Waals surface area contributed by atoms with Gasteiger partial charge in [-0.15, -0.1) is 0 Å². The zero-order valence-corrected chi connectivity index (χ0v) is 19.0. The average molecular weight is 444 g/mol. The number of pyridine rings is 1. The van der Waals surface area contributed by atoms with Crippen molar-refractivity contribution in [1.29, 1.82) is 0 Å². The Hall–Kier alpha value is -2.31.